The van der Waals surface area contributed by atoms with E-state index in [4.69, 9.17) is 9.78 Å². The van der Waals surface area contributed by atoms with Crippen LogP contribution in [0.4, 0.5) is 11.4 Å². The highest BCUT2D eigenvalue weighted by Crippen LogP contribution is 2.33. The van der Waals surface area contributed by atoms with Crippen molar-refractivity contribution in [2.24, 2.45) is 0 Å². The lowest BCUT2D eigenvalue weighted by atomic mass is 10.0. The first-order valence-corrected chi connectivity index (χ1v) is 9.58. The van der Waals surface area contributed by atoms with Gasteiger partial charge in [0, 0.05) is 24.8 Å². The van der Waals surface area contributed by atoms with E-state index in [9.17, 15) is 19.5 Å². The number of aromatic carboxylic acids is 1. The van der Waals surface area contributed by atoms with Crippen LogP contribution in [0.2, 0.25) is 0 Å². The Kier molecular flexibility index (Phi) is 5.53. The van der Waals surface area contributed by atoms with E-state index in [1.54, 1.807) is 30.5 Å². The fraction of sp³-hybridized carbons (Fsp3) is 0.0435. The lowest BCUT2D eigenvalue weighted by molar-refractivity contribution is -0.114. The van der Waals surface area contributed by atoms with Crippen molar-refractivity contribution in [3.63, 3.8) is 0 Å². The molecule has 162 valence electrons. The van der Waals surface area contributed by atoms with Crippen molar-refractivity contribution >= 4 is 40.1 Å². The van der Waals surface area contributed by atoms with Crippen LogP contribution in [0.15, 0.2) is 59.3 Å². The van der Waals surface area contributed by atoms with Crippen molar-refractivity contribution in [1.29, 1.82) is 5.26 Å². The zero-order valence-electron chi connectivity index (χ0n) is 17.1. The van der Waals surface area contributed by atoms with E-state index in [-0.39, 0.29) is 34.0 Å². The molecule has 2 aromatic carbocycles. The molecule has 0 radical (unpaired) electrons. The average Bonchev–Trinajstić information content (AvgIpc) is 3.21. The van der Waals surface area contributed by atoms with Gasteiger partial charge in [0.15, 0.2) is 11.3 Å². The van der Waals surface area contributed by atoms with Gasteiger partial charge in [0.05, 0.1) is 39.7 Å². The Morgan fingerprint density at radius 3 is 2.55 bits per heavy atom. The van der Waals surface area contributed by atoms with E-state index < -0.39 is 11.9 Å². The number of pyridine rings is 1. The number of carbonyl (C=O) groups is 3. The number of fused-ring (bicyclic) bond motifs is 1. The predicted octanol–water partition coefficient (Wildman–Crippen LogP) is 3.67. The molecule has 2 aromatic heterocycles. The van der Waals surface area contributed by atoms with Crippen LogP contribution in [0.1, 0.15) is 33.3 Å². The monoisotopic (exact) mass is 441 g/mol. The SMILES string of the molecule is CC(=O)Nc1cc2onc(C(=O)Nc3ccc(C#N)cc3C(=O)O)c2cc1-c1ccccn1. The molecule has 2 heterocycles. The molecule has 0 fully saturated rings. The van der Waals surface area contributed by atoms with Crippen molar-refractivity contribution in [3.8, 4) is 17.3 Å². The molecule has 0 atom stereocenters. The van der Waals surface area contributed by atoms with E-state index >= 15 is 0 Å². The minimum absolute atomic E-state index is 0.00228. The van der Waals surface area contributed by atoms with Gasteiger partial charge < -0.3 is 20.3 Å². The molecule has 0 aliphatic carbocycles. The van der Waals surface area contributed by atoms with Crippen LogP contribution >= 0.6 is 0 Å². The topological polar surface area (TPSA) is 158 Å². The molecule has 10 nitrogen and oxygen atoms in total. The Morgan fingerprint density at radius 2 is 1.88 bits per heavy atom. The summed E-state index contributed by atoms with van der Waals surface area (Å²) in [6.07, 6.45) is 1.59. The number of amides is 2. The Hall–Kier alpha value is -5.04. The fourth-order valence-electron chi connectivity index (χ4n) is 3.26. The normalized spacial score (nSPS) is 10.4. The van der Waals surface area contributed by atoms with Crippen molar-refractivity contribution in [3.05, 3.63) is 71.5 Å². The molecule has 4 rings (SSSR count). The molecule has 4 aromatic rings. The number of carbonyl (C=O) groups excluding carboxylic acids is 2. The third-order valence-corrected chi connectivity index (χ3v) is 4.70. The molecule has 0 unspecified atom stereocenters. The highest BCUT2D eigenvalue weighted by molar-refractivity contribution is 6.14. The Balaban J connectivity index is 1.78. The van der Waals surface area contributed by atoms with E-state index in [0.29, 0.717) is 22.3 Å². The van der Waals surface area contributed by atoms with Crippen LogP contribution < -0.4 is 10.6 Å². The molecule has 0 aliphatic heterocycles. The molecule has 0 saturated carbocycles. The van der Waals surface area contributed by atoms with E-state index in [0.717, 1.165) is 6.07 Å². The molecular formula is C23H15N5O5. The van der Waals surface area contributed by atoms with Crippen LogP contribution in [0.5, 0.6) is 0 Å². The van der Waals surface area contributed by atoms with Gasteiger partial charge in [0.2, 0.25) is 5.91 Å². The highest BCUT2D eigenvalue weighted by atomic mass is 16.5. The first-order chi connectivity index (χ1) is 15.9. The van der Waals surface area contributed by atoms with Gasteiger partial charge >= 0.3 is 5.97 Å². The van der Waals surface area contributed by atoms with Crippen LogP contribution in [-0.2, 0) is 4.79 Å². The van der Waals surface area contributed by atoms with Crippen molar-refractivity contribution in [2.45, 2.75) is 6.92 Å². The number of benzene rings is 2. The van der Waals surface area contributed by atoms with Crippen LogP contribution in [0, 0.1) is 11.3 Å². The Morgan fingerprint density at radius 1 is 1.06 bits per heavy atom. The zero-order valence-corrected chi connectivity index (χ0v) is 17.1. The number of hydrogen-bond donors (Lipinski definition) is 3. The quantitative estimate of drug-likeness (QED) is 0.423. The summed E-state index contributed by atoms with van der Waals surface area (Å²) in [6.45, 7) is 1.36. The molecular weight excluding hydrogens is 426 g/mol. The summed E-state index contributed by atoms with van der Waals surface area (Å²) in [7, 11) is 0. The third-order valence-electron chi connectivity index (χ3n) is 4.70. The molecule has 2 amide bonds. The Labute approximate surface area is 186 Å². The van der Waals surface area contributed by atoms with Gasteiger partial charge in [-0.2, -0.15) is 5.26 Å². The smallest absolute Gasteiger partial charge is 0.337 e. The molecule has 3 N–H and O–H groups in total. The van der Waals surface area contributed by atoms with Crippen molar-refractivity contribution < 1.29 is 24.0 Å². The number of aromatic nitrogens is 2. The summed E-state index contributed by atoms with van der Waals surface area (Å²) in [5, 5.41) is 27.8. The summed E-state index contributed by atoms with van der Waals surface area (Å²) < 4.78 is 5.29. The van der Waals surface area contributed by atoms with Crippen LogP contribution in [0.25, 0.3) is 22.2 Å². The highest BCUT2D eigenvalue weighted by Gasteiger charge is 2.22. The number of nitrogens with one attached hydrogen (secondary N) is 2. The second kappa shape index (κ2) is 8.60. The van der Waals surface area contributed by atoms with E-state index in [1.807, 2.05) is 6.07 Å². The lowest BCUT2D eigenvalue weighted by Crippen LogP contribution is -2.15. The number of anilines is 2. The van der Waals surface area contributed by atoms with Gasteiger partial charge in [0.25, 0.3) is 5.91 Å². The van der Waals surface area contributed by atoms with E-state index in [2.05, 4.69) is 20.8 Å². The molecule has 0 bridgehead atoms. The maximum Gasteiger partial charge on any atom is 0.337 e. The number of carboxylic acids is 1. The molecule has 0 spiro atoms. The number of hydrogen-bond acceptors (Lipinski definition) is 7. The number of rotatable bonds is 5. The summed E-state index contributed by atoms with van der Waals surface area (Å²) in [4.78, 5) is 40.5. The zero-order chi connectivity index (χ0) is 23.5. The number of nitrogens with zero attached hydrogens (tertiary/aromatic N) is 3. The molecule has 33 heavy (non-hydrogen) atoms. The minimum Gasteiger partial charge on any atom is -0.478 e. The Bertz CT molecular complexity index is 1450. The number of nitriles is 1. The average molecular weight is 441 g/mol. The van der Waals surface area contributed by atoms with Gasteiger partial charge in [-0.25, -0.2) is 4.79 Å². The van der Waals surface area contributed by atoms with Crippen LogP contribution in [-0.4, -0.2) is 33.0 Å². The minimum atomic E-state index is -1.30. The third kappa shape index (κ3) is 4.24. The van der Waals surface area contributed by atoms with Gasteiger partial charge in [-0.1, -0.05) is 11.2 Å². The fourth-order valence-corrected chi connectivity index (χ4v) is 3.26. The summed E-state index contributed by atoms with van der Waals surface area (Å²) in [6, 6.07) is 14.2. The summed E-state index contributed by atoms with van der Waals surface area (Å²) in [5.74, 6) is -2.31. The van der Waals surface area contributed by atoms with Gasteiger partial charge in [-0.15, -0.1) is 0 Å². The second-order valence-electron chi connectivity index (χ2n) is 6.95. The number of carboxylic acid groups (broad SMARTS) is 1. The largest absolute Gasteiger partial charge is 0.478 e. The summed E-state index contributed by atoms with van der Waals surface area (Å²) in [5.41, 5.74) is 1.58. The van der Waals surface area contributed by atoms with Gasteiger partial charge in [-0.05, 0) is 36.4 Å². The first kappa shape index (κ1) is 21.2. The van der Waals surface area contributed by atoms with Crippen molar-refractivity contribution in [2.75, 3.05) is 10.6 Å². The molecule has 0 aliphatic rings. The molecule has 0 saturated heterocycles. The molecule has 10 heteroatoms. The van der Waals surface area contributed by atoms with Crippen LogP contribution in [0.3, 0.4) is 0 Å². The maximum atomic E-state index is 13.0. The summed E-state index contributed by atoms with van der Waals surface area (Å²) >= 11 is 0. The van der Waals surface area contributed by atoms with E-state index in [1.165, 1.54) is 25.1 Å². The van der Waals surface area contributed by atoms with Gasteiger partial charge in [0.1, 0.15) is 0 Å². The lowest BCUT2D eigenvalue weighted by Gasteiger charge is -2.10. The van der Waals surface area contributed by atoms with Gasteiger partial charge in [-0.3, -0.25) is 14.6 Å². The predicted molar refractivity (Wildman–Crippen MR) is 118 cm³/mol. The second-order valence-corrected chi connectivity index (χ2v) is 6.95. The standard InChI is InChI=1S/C23H15N5O5/c1-12(29)26-19-10-20-16(9-14(19)17-4-2-3-7-25-17)21(28-33-20)22(30)27-18-6-5-13(11-24)8-15(18)23(31)32/h2-10H,1H3,(H,26,29)(H,27,30)(H,31,32). The van der Waals surface area contributed by atoms with Crippen molar-refractivity contribution in [1.82, 2.24) is 10.1 Å². The maximum absolute atomic E-state index is 13.0. The first-order valence-electron chi connectivity index (χ1n) is 9.58.